The molecule has 0 spiro atoms. The Balaban J connectivity index is 1.48. The number of rotatable bonds is 6. The molecule has 32 heavy (non-hydrogen) atoms. The Kier molecular flexibility index (Phi) is 6.95. The lowest BCUT2D eigenvalue weighted by Gasteiger charge is -2.33. The minimum Gasteiger partial charge on any atom is -0.307 e. The maximum atomic E-state index is 13.4. The molecular formula is C23H22ClFN2O3S2. The van der Waals surface area contributed by atoms with Crippen LogP contribution < -0.4 is 4.90 Å². The van der Waals surface area contributed by atoms with Gasteiger partial charge in [-0.3, -0.25) is 4.79 Å². The molecule has 1 amide bonds. The van der Waals surface area contributed by atoms with Crippen molar-refractivity contribution in [1.29, 1.82) is 0 Å². The van der Waals surface area contributed by atoms with E-state index in [1.54, 1.807) is 40.5 Å². The molecule has 1 saturated heterocycles. The predicted molar refractivity (Wildman–Crippen MR) is 125 cm³/mol. The van der Waals surface area contributed by atoms with Crippen LogP contribution in [0, 0.1) is 11.7 Å². The van der Waals surface area contributed by atoms with E-state index in [1.165, 1.54) is 28.6 Å². The number of carbonyl (C=O) groups excluding carboxylic acids is 1. The molecule has 168 valence electrons. The molecule has 0 unspecified atom stereocenters. The van der Waals surface area contributed by atoms with E-state index >= 15 is 0 Å². The van der Waals surface area contributed by atoms with E-state index in [4.69, 9.17) is 11.6 Å². The third-order valence-electron chi connectivity index (χ3n) is 5.55. The Hall–Kier alpha value is -2.26. The van der Waals surface area contributed by atoms with Crippen molar-refractivity contribution >= 4 is 44.6 Å². The molecule has 4 rings (SSSR count). The van der Waals surface area contributed by atoms with E-state index in [9.17, 15) is 17.6 Å². The van der Waals surface area contributed by atoms with Crippen LogP contribution in [0.25, 0.3) is 0 Å². The summed E-state index contributed by atoms with van der Waals surface area (Å²) in [5.74, 6) is -0.747. The summed E-state index contributed by atoms with van der Waals surface area (Å²) in [6.07, 6.45) is 0.849. The molecule has 2 aromatic carbocycles. The number of sulfonamides is 1. The van der Waals surface area contributed by atoms with E-state index < -0.39 is 10.0 Å². The van der Waals surface area contributed by atoms with Crippen LogP contribution in [-0.4, -0.2) is 31.7 Å². The zero-order chi connectivity index (χ0) is 22.7. The SMILES string of the molecule is O=C(C1CCN(S(=O)(=O)c2ccc(Cl)cc2)CC1)N(Cc1cccs1)c1ccc(F)cc1. The third kappa shape index (κ3) is 5.04. The van der Waals surface area contributed by atoms with Gasteiger partial charge in [-0.05, 0) is 72.8 Å². The van der Waals surface area contributed by atoms with Gasteiger partial charge in [0.15, 0.2) is 0 Å². The van der Waals surface area contributed by atoms with Gasteiger partial charge >= 0.3 is 0 Å². The molecule has 0 saturated carbocycles. The molecule has 3 aromatic rings. The van der Waals surface area contributed by atoms with Crippen LogP contribution in [0.2, 0.25) is 5.02 Å². The minimum atomic E-state index is -3.64. The number of hydrogen-bond acceptors (Lipinski definition) is 4. The van der Waals surface area contributed by atoms with Gasteiger partial charge in [-0.2, -0.15) is 4.31 Å². The molecule has 0 atom stereocenters. The highest BCUT2D eigenvalue weighted by Crippen LogP contribution is 2.29. The fourth-order valence-electron chi connectivity index (χ4n) is 3.79. The predicted octanol–water partition coefficient (Wildman–Crippen LogP) is 5.17. The van der Waals surface area contributed by atoms with Crippen LogP contribution in [-0.2, 0) is 21.4 Å². The highest BCUT2D eigenvalue weighted by atomic mass is 35.5. The summed E-state index contributed by atoms with van der Waals surface area (Å²) in [6.45, 7) is 0.917. The molecular weight excluding hydrogens is 471 g/mol. The molecule has 1 fully saturated rings. The fraction of sp³-hybridized carbons (Fsp3) is 0.261. The largest absolute Gasteiger partial charge is 0.307 e. The van der Waals surface area contributed by atoms with E-state index in [2.05, 4.69) is 0 Å². The molecule has 1 aliphatic rings. The Morgan fingerprint density at radius 3 is 2.31 bits per heavy atom. The highest BCUT2D eigenvalue weighted by Gasteiger charge is 2.34. The van der Waals surface area contributed by atoms with Gasteiger partial charge in [0.05, 0.1) is 11.4 Å². The van der Waals surface area contributed by atoms with E-state index in [0.717, 1.165) is 4.88 Å². The number of thiophene rings is 1. The number of piperidine rings is 1. The van der Waals surface area contributed by atoms with Crippen molar-refractivity contribution in [2.75, 3.05) is 18.0 Å². The maximum absolute atomic E-state index is 13.4. The first-order valence-electron chi connectivity index (χ1n) is 10.2. The monoisotopic (exact) mass is 492 g/mol. The van der Waals surface area contributed by atoms with Crippen LogP contribution in [0.3, 0.4) is 0 Å². The number of carbonyl (C=O) groups is 1. The van der Waals surface area contributed by atoms with Crippen molar-refractivity contribution in [3.63, 3.8) is 0 Å². The molecule has 0 aliphatic carbocycles. The topological polar surface area (TPSA) is 57.7 Å². The highest BCUT2D eigenvalue weighted by molar-refractivity contribution is 7.89. The van der Waals surface area contributed by atoms with Crippen molar-refractivity contribution in [3.05, 3.63) is 81.8 Å². The Bertz CT molecular complexity index is 1160. The average Bonchev–Trinajstić information content (AvgIpc) is 3.31. The lowest BCUT2D eigenvalue weighted by atomic mass is 9.96. The summed E-state index contributed by atoms with van der Waals surface area (Å²) in [4.78, 5) is 16.3. The van der Waals surface area contributed by atoms with E-state index in [0.29, 0.717) is 30.1 Å². The first kappa shape index (κ1) is 22.9. The summed E-state index contributed by atoms with van der Waals surface area (Å²) in [6, 6.07) is 15.8. The van der Waals surface area contributed by atoms with Gasteiger partial charge in [-0.15, -0.1) is 11.3 Å². The van der Waals surface area contributed by atoms with Crippen molar-refractivity contribution < 1.29 is 17.6 Å². The average molecular weight is 493 g/mol. The standard InChI is InChI=1S/C23H22ClFN2O3S2/c24-18-3-9-22(10-4-18)32(29,30)26-13-11-17(12-14-26)23(28)27(16-21-2-1-15-31-21)20-7-5-19(25)6-8-20/h1-10,15,17H,11-14,16H2. The number of hydrogen-bond donors (Lipinski definition) is 0. The fourth-order valence-corrected chi connectivity index (χ4v) is 6.08. The normalized spacial score (nSPS) is 15.6. The van der Waals surface area contributed by atoms with Gasteiger partial charge in [0.1, 0.15) is 5.82 Å². The molecule has 1 aliphatic heterocycles. The molecule has 0 N–H and O–H groups in total. The van der Waals surface area contributed by atoms with Gasteiger partial charge in [0.2, 0.25) is 15.9 Å². The van der Waals surface area contributed by atoms with Gasteiger partial charge in [0.25, 0.3) is 0 Å². The summed E-state index contributed by atoms with van der Waals surface area (Å²) in [7, 11) is -3.64. The van der Waals surface area contributed by atoms with Crippen molar-refractivity contribution in [2.24, 2.45) is 5.92 Å². The Morgan fingerprint density at radius 1 is 1.06 bits per heavy atom. The van der Waals surface area contributed by atoms with Crippen molar-refractivity contribution in [3.8, 4) is 0 Å². The molecule has 9 heteroatoms. The van der Waals surface area contributed by atoms with Crippen LogP contribution in [0.15, 0.2) is 70.9 Å². The molecule has 1 aromatic heterocycles. The third-order valence-corrected chi connectivity index (χ3v) is 8.58. The van der Waals surface area contributed by atoms with Crippen LogP contribution in [0.1, 0.15) is 17.7 Å². The zero-order valence-corrected chi connectivity index (χ0v) is 19.5. The smallest absolute Gasteiger partial charge is 0.243 e. The second kappa shape index (κ2) is 9.70. The lowest BCUT2D eigenvalue weighted by molar-refractivity contribution is -0.123. The van der Waals surface area contributed by atoms with Crippen molar-refractivity contribution in [1.82, 2.24) is 4.31 Å². The molecule has 0 radical (unpaired) electrons. The summed E-state index contributed by atoms with van der Waals surface area (Å²) in [5.41, 5.74) is 0.626. The van der Waals surface area contributed by atoms with Gasteiger partial charge in [0, 0.05) is 34.6 Å². The summed E-state index contributed by atoms with van der Waals surface area (Å²) >= 11 is 7.42. The maximum Gasteiger partial charge on any atom is 0.243 e. The molecule has 2 heterocycles. The number of amides is 1. The van der Waals surface area contributed by atoms with E-state index in [-0.39, 0.29) is 35.6 Å². The Labute approximate surface area is 196 Å². The zero-order valence-electron chi connectivity index (χ0n) is 17.2. The Morgan fingerprint density at radius 2 is 1.72 bits per heavy atom. The summed E-state index contributed by atoms with van der Waals surface area (Å²) in [5, 5.41) is 2.42. The van der Waals surface area contributed by atoms with Crippen LogP contribution in [0.4, 0.5) is 10.1 Å². The second-order valence-corrected chi connectivity index (χ2v) is 11.0. The van der Waals surface area contributed by atoms with Crippen LogP contribution in [0.5, 0.6) is 0 Å². The molecule has 5 nitrogen and oxygen atoms in total. The van der Waals surface area contributed by atoms with Gasteiger partial charge < -0.3 is 4.90 Å². The number of halogens is 2. The van der Waals surface area contributed by atoms with Crippen molar-refractivity contribution in [2.45, 2.75) is 24.3 Å². The molecule has 0 bridgehead atoms. The quantitative estimate of drug-likeness (QED) is 0.476. The lowest BCUT2D eigenvalue weighted by Crippen LogP contribution is -2.44. The summed E-state index contributed by atoms with van der Waals surface area (Å²) < 4.78 is 40.7. The minimum absolute atomic E-state index is 0.0754. The number of benzene rings is 2. The van der Waals surface area contributed by atoms with E-state index in [1.807, 2.05) is 17.5 Å². The first-order valence-corrected chi connectivity index (χ1v) is 12.9. The van der Waals surface area contributed by atoms with Crippen LogP contribution >= 0.6 is 22.9 Å². The number of nitrogens with zero attached hydrogens (tertiary/aromatic N) is 2. The van der Waals surface area contributed by atoms with Gasteiger partial charge in [-0.25, -0.2) is 12.8 Å². The second-order valence-electron chi connectivity index (χ2n) is 7.61. The number of anilines is 1. The first-order chi connectivity index (χ1) is 15.3. The van der Waals surface area contributed by atoms with Gasteiger partial charge in [-0.1, -0.05) is 17.7 Å².